The molecule has 35 heavy (non-hydrogen) atoms. The summed E-state index contributed by atoms with van der Waals surface area (Å²) in [6.07, 6.45) is 1.49. The van der Waals surface area contributed by atoms with Crippen LogP contribution in [-0.4, -0.2) is 29.9 Å². The van der Waals surface area contributed by atoms with Crippen molar-refractivity contribution < 1.29 is 9.59 Å². The van der Waals surface area contributed by atoms with Crippen molar-refractivity contribution in [2.75, 3.05) is 28.6 Å². The van der Waals surface area contributed by atoms with Gasteiger partial charge in [0.25, 0.3) is 0 Å². The van der Waals surface area contributed by atoms with Crippen molar-refractivity contribution in [2.24, 2.45) is 11.8 Å². The molecule has 0 aliphatic carbocycles. The first kappa shape index (κ1) is 25.2. The second kappa shape index (κ2) is 10.8. The minimum atomic E-state index is -0.189. The van der Waals surface area contributed by atoms with E-state index in [1.165, 1.54) is 6.42 Å². The van der Waals surface area contributed by atoms with Crippen molar-refractivity contribution in [3.05, 3.63) is 58.1 Å². The summed E-state index contributed by atoms with van der Waals surface area (Å²) in [4.78, 5) is 32.1. The molecule has 0 spiro atoms. The standard InChI is InChI=1S/C28H33BrN4O2/c1-17-11-18(2)16-33(15-17)26-13-19(3)23-14-22(6-8-25(23)31-26)30-27(34)9-10-28(35)32-24-7-5-21(29)12-20(24)4/h5-8,12-14,17-18H,9-11,15-16H2,1-4H3,(H,30,34)(H,32,35). The Morgan fingerprint density at radius 1 is 0.943 bits per heavy atom. The molecule has 2 atom stereocenters. The Bertz CT molecular complexity index is 1250. The second-order valence-corrected chi connectivity index (χ2v) is 10.9. The van der Waals surface area contributed by atoms with E-state index < -0.39 is 0 Å². The van der Waals surface area contributed by atoms with Gasteiger partial charge in [-0.15, -0.1) is 0 Å². The van der Waals surface area contributed by atoms with E-state index in [0.717, 1.165) is 51.1 Å². The number of hydrogen-bond donors (Lipinski definition) is 2. The Labute approximate surface area is 215 Å². The molecule has 4 rings (SSSR count). The van der Waals surface area contributed by atoms with Crippen LogP contribution < -0.4 is 15.5 Å². The van der Waals surface area contributed by atoms with Crippen molar-refractivity contribution in [3.63, 3.8) is 0 Å². The average Bonchev–Trinajstić information content (AvgIpc) is 2.79. The summed E-state index contributed by atoms with van der Waals surface area (Å²) in [5.74, 6) is 1.98. The fourth-order valence-corrected chi connectivity index (χ4v) is 5.37. The van der Waals surface area contributed by atoms with Crippen LogP contribution in [-0.2, 0) is 9.59 Å². The monoisotopic (exact) mass is 536 g/mol. The number of rotatable bonds is 6. The molecule has 1 fully saturated rings. The molecular weight excluding hydrogens is 504 g/mol. The van der Waals surface area contributed by atoms with Gasteiger partial charge in [-0.2, -0.15) is 0 Å². The SMILES string of the molecule is Cc1cc(Br)ccc1NC(=O)CCC(=O)Nc1ccc2nc(N3CC(C)CC(C)C3)cc(C)c2c1. The Balaban J connectivity index is 1.37. The quantitative estimate of drug-likeness (QED) is 0.379. The number of halogens is 1. The molecule has 1 saturated heterocycles. The number of pyridine rings is 1. The summed E-state index contributed by atoms with van der Waals surface area (Å²) in [6.45, 7) is 10.7. The van der Waals surface area contributed by atoms with Crippen LogP contribution in [0.1, 0.15) is 44.2 Å². The van der Waals surface area contributed by atoms with Crippen molar-refractivity contribution in [2.45, 2.75) is 47.0 Å². The molecule has 0 saturated carbocycles. The molecule has 2 amide bonds. The summed E-state index contributed by atoms with van der Waals surface area (Å²) >= 11 is 3.42. The molecule has 2 unspecified atom stereocenters. The minimum absolute atomic E-state index is 0.112. The van der Waals surface area contributed by atoms with Crippen LogP contribution in [0.4, 0.5) is 17.2 Å². The van der Waals surface area contributed by atoms with E-state index in [1.807, 2.05) is 43.3 Å². The Morgan fingerprint density at radius 2 is 1.63 bits per heavy atom. The zero-order valence-electron chi connectivity index (χ0n) is 20.8. The van der Waals surface area contributed by atoms with Crippen LogP contribution in [0.5, 0.6) is 0 Å². The van der Waals surface area contributed by atoms with Crippen molar-refractivity contribution in [1.82, 2.24) is 4.98 Å². The number of nitrogens with one attached hydrogen (secondary N) is 2. The molecule has 2 aromatic carbocycles. The molecule has 1 aliphatic heterocycles. The number of fused-ring (bicyclic) bond motifs is 1. The molecular formula is C28H33BrN4O2. The molecule has 7 heteroatoms. The summed E-state index contributed by atoms with van der Waals surface area (Å²) in [5, 5.41) is 6.82. The van der Waals surface area contributed by atoms with Crippen LogP contribution in [0.15, 0.2) is 46.9 Å². The lowest BCUT2D eigenvalue weighted by atomic mass is 9.92. The normalized spacial score (nSPS) is 17.9. The van der Waals surface area contributed by atoms with Gasteiger partial charge in [0, 0.05) is 47.2 Å². The number of anilines is 3. The number of hydrogen-bond acceptors (Lipinski definition) is 4. The number of aryl methyl sites for hydroxylation is 2. The van der Waals surface area contributed by atoms with Gasteiger partial charge < -0.3 is 15.5 Å². The number of benzene rings is 2. The van der Waals surface area contributed by atoms with E-state index in [0.29, 0.717) is 17.5 Å². The fourth-order valence-electron chi connectivity index (χ4n) is 4.90. The lowest BCUT2D eigenvalue weighted by molar-refractivity contribution is -0.121. The maximum Gasteiger partial charge on any atom is 0.224 e. The largest absolute Gasteiger partial charge is 0.356 e. The lowest BCUT2D eigenvalue weighted by Crippen LogP contribution is -2.39. The van der Waals surface area contributed by atoms with Crippen molar-refractivity contribution in [1.29, 1.82) is 0 Å². The summed E-state index contributed by atoms with van der Waals surface area (Å²) in [6, 6.07) is 13.6. The van der Waals surface area contributed by atoms with Crippen LogP contribution in [0.3, 0.4) is 0 Å². The molecule has 6 nitrogen and oxygen atoms in total. The van der Waals surface area contributed by atoms with E-state index in [-0.39, 0.29) is 24.7 Å². The summed E-state index contributed by atoms with van der Waals surface area (Å²) in [5.41, 5.74) is 4.49. The highest BCUT2D eigenvalue weighted by molar-refractivity contribution is 9.10. The van der Waals surface area contributed by atoms with Crippen LogP contribution in [0, 0.1) is 25.7 Å². The predicted octanol–water partition coefficient (Wildman–Crippen LogP) is 6.45. The van der Waals surface area contributed by atoms with Gasteiger partial charge in [0.15, 0.2) is 0 Å². The van der Waals surface area contributed by atoms with Gasteiger partial charge in [-0.05, 0) is 85.7 Å². The summed E-state index contributed by atoms with van der Waals surface area (Å²) < 4.78 is 0.958. The molecule has 1 aliphatic rings. The Morgan fingerprint density at radius 3 is 2.31 bits per heavy atom. The van der Waals surface area contributed by atoms with Gasteiger partial charge in [-0.25, -0.2) is 4.98 Å². The average molecular weight is 538 g/mol. The number of piperidine rings is 1. The van der Waals surface area contributed by atoms with E-state index in [9.17, 15) is 9.59 Å². The van der Waals surface area contributed by atoms with Gasteiger partial charge in [-0.1, -0.05) is 29.8 Å². The fraction of sp³-hybridized carbons (Fsp3) is 0.393. The third kappa shape index (κ3) is 6.40. The topological polar surface area (TPSA) is 74.3 Å². The Kier molecular flexibility index (Phi) is 7.75. The molecule has 0 bridgehead atoms. The Hall–Kier alpha value is -2.93. The second-order valence-electron chi connectivity index (χ2n) is 9.94. The van der Waals surface area contributed by atoms with Crippen molar-refractivity contribution in [3.8, 4) is 0 Å². The first-order chi connectivity index (χ1) is 16.7. The zero-order valence-corrected chi connectivity index (χ0v) is 22.4. The molecule has 184 valence electrons. The van der Waals surface area contributed by atoms with Gasteiger partial charge in [0.1, 0.15) is 5.82 Å². The zero-order chi connectivity index (χ0) is 25.1. The van der Waals surface area contributed by atoms with Gasteiger partial charge in [-0.3, -0.25) is 9.59 Å². The molecule has 0 radical (unpaired) electrons. The molecule has 1 aromatic heterocycles. The maximum absolute atomic E-state index is 12.5. The maximum atomic E-state index is 12.5. The number of carbonyl (C=O) groups is 2. The van der Waals surface area contributed by atoms with E-state index in [4.69, 9.17) is 4.98 Å². The molecule has 2 heterocycles. The van der Waals surface area contributed by atoms with Gasteiger partial charge >= 0.3 is 0 Å². The van der Waals surface area contributed by atoms with Crippen LogP contribution >= 0.6 is 15.9 Å². The third-order valence-corrected chi connectivity index (χ3v) is 7.01. The first-order valence-corrected chi connectivity index (χ1v) is 13.0. The first-order valence-electron chi connectivity index (χ1n) is 12.2. The minimum Gasteiger partial charge on any atom is -0.356 e. The molecule has 3 aromatic rings. The smallest absolute Gasteiger partial charge is 0.224 e. The highest BCUT2D eigenvalue weighted by atomic mass is 79.9. The lowest BCUT2D eigenvalue weighted by Gasteiger charge is -2.36. The molecule has 2 N–H and O–H groups in total. The number of nitrogens with zero attached hydrogens (tertiary/aromatic N) is 2. The third-order valence-electron chi connectivity index (χ3n) is 6.52. The predicted molar refractivity (Wildman–Crippen MR) is 147 cm³/mol. The van der Waals surface area contributed by atoms with Crippen LogP contribution in [0.25, 0.3) is 10.9 Å². The summed E-state index contributed by atoms with van der Waals surface area (Å²) in [7, 11) is 0. The number of aromatic nitrogens is 1. The van der Waals surface area contributed by atoms with E-state index >= 15 is 0 Å². The van der Waals surface area contributed by atoms with E-state index in [2.05, 4.69) is 58.3 Å². The van der Waals surface area contributed by atoms with Crippen LogP contribution in [0.2, 0.25) is 0 Å². The van der Waals surface area contributed by atoms with Gasteiger partial charge in [0.2, 0.25) is 11.8 Å². The number of amides is 2. The number of carbonyl (C=O) groups excluding carboxylic acids is 2. The highest BCUT2D eigenvalue weighted by Gasteiger charge is 2.23. The van der Waals surface area contributed by atoms with Crippen molar-refractivity contribution >= 4 is 55.8 Å². The van der Waals surface area contributed by atoms with E-state index in [1.54, 1.807) is 0 Å². The van der Waals surface area contributed by atoms with Gasteiger partial charge in [0.05, 0.1) is 5.52 Å². The highest BCUT2D eigenvalue weighted by Crippen LogP contribution is 2.29.